The highest BCUT2D eigenvalue weighted by Crippen LogP contribution is 2.24. The summed E-state index contributed by atoms with van der Waals surface area (Å²) < 4.78 is 1.16. The molecule has 0 unspecified atom stereocenters. The molecule has 0 nitrogen and oxygen atoms in total. The normalized spacial score (nSPS) is 13.6. The predicted octanol–water partition coefficient (Wildman–Crippen LogP) is 4.36. The predicted molar refractivity (Wildman–Crippen MR) is 88.7 cm³/mol. The van der Waals surface area contributed by atoms with Gasteiger partial charge in [0.05, 0.1) is 0 Å². The molecule has 0 saturated carbocycles. The topological polar surface area (TPSA) is 0 Å². The minimum atomic E-state index is 1.16. The van der Waals surface area contributed by atoms with Crippen LogP contribution in [0.2, 0.25) is 0 Å². The smallest absolute Gasteiger partial charge is 0.0256 e. The van der Waals surface area contributed by atoms with Gasteiger partial charge in [-0.2, -0.15) is 0 Å². The van der Waals surface area contributed by atoms with Gasteiger partial charge in [-0.05, 0) is 51.9 Å². The van der Waals surface area contributed by atoms with Crippen LogP contribution in [-0.2, 0) is 0 Å². The van der Waals surface area contributed by atoms with Gasteiger partial charge in [0.2, 0.25) is 0 Å². The van der Waals surface area contributed by atoms with E-state index in [-0.39, 0.29) is 0 Å². The van der Waals surface area contributed by atoms with Crippen LogP contribution >= 0.6 is 15.9 Å². The van der Waals surface area contributed by atoms with Crippen molar-refractivity contribution in [3.63, 3.8) is 0 Å². The van der Waals surface area contributed by atoms with Crippen LogP contribution in [0.5, 0.6) is 0 Å². The fourth-order valence-corrected chi connectivity index (χ4v) is 3.44. The molecule has 0 bridgehead atoms. The Morgan fingerprint density at radius 3 is 2.26 bits per heavy atom. The number of benzene rings is 3. The van der Waals surface area contributed by atoms with Crippen LogP contribution in [0.4, 0.5) is 0 Å². The number of fused-ring (bicyclic) bond motifs is 3. The zero-order valence-corrected chi connectivity index (χ0v) is 12.7. The van der Waals surface area contributed by atoms with Gasteiger partial charge in [-0.3, -0.25) is 0 Å². The molecule has 0 spiro atoms. The lowest BCUT2D eigenvalue weighted by atomic mass is 9.99. The molecule has 3 aromatic carbocycles. The van der Waals surface area contributed by atoms with Gasteiger partial charge >= 0.3 is 0 Å². The van der Waals surface area contributed by atoms with Crippen LogP contribution in [0.15, 0.2) is 46.9 Å². The van der Waals surface area contributed by atoms with Crippen LogP contribution in [-0.4, -0.2) is 0 Å². The first kappa shape index (κ1) is 12.4. The molecule has 0 fully saturated rings. The standard InChI is InChI=1S/C18H15Br/c1-3-13-14(4-2)18(19)11-17-15-8-6-5-7-12(15)9-10-16(13)17/h3-11H,1-2H3/b13-3+,14-4+. The molecule has 0 aliphatic heterocycles. The lowest BCUT2D eigenvalue weighted by Crippen LogP contribution is -2.26. The SMILES string of the molecule is C/C=c1\c(=C/C)c(Br)cc2c1ccc1ccccc12. The molecule has 0 radical (unpaired) electrons. The molecule has 0 heterocycles. The van der Waals surface area contributed by atoms with Crippen molar-refractivity contribution in [2.45, 2.75) is 13.8 Å². The van der Waals surface area contributed by atoms with Gasteiger partial charge in [-0.25, -0.2) is 0 Å². The summed E-state index contributed by atoms with van der Waals surface area (Å²) in [7, 11) is 0. The number of halogens is 1. The minimum Gasteiger partial charge on any atom is -0.0791 e. The van der Waals surface area contributed by atoms with Crippen LogP contribution < -0.4 is 10.4 Å². The molecule has 0 saturated heterocycles. The second-order valence-corrected chi connectivity index (χ2v) is 5.50. The molecule has 0 aliphatic rings. The molecule has 3 aromatic rings. The van der Waals surface area contributed by atoms with E-state index in [0.29, 0.717) is 0 Å². The van der Waals surface area contributed by atoms with Gasteiger partial charge in [0.25, 0.3) is 0 Å². The summed E-state index contributed by atoms with van der Waals surface area (Å²) >= 11 is 3.70. The highest BCUT2D eigenvalue weighted by molar-refractivity contribution is 9.10. The van der Waals surface area contributed by atoms with E-state index in [0.717, 1.165) is 4.47 Å². The summed E-state index contributed by atoms with van der Waals surface area (Å²) in [6.45, 7) is 4.18. The summed E-state index contributed by atoms with van der Waals surface area (Å²) in [5.74, 6) is 0. The van der Waals surface area contributed by atoms with E-state index in [2.05, 4.69) is 84.4 Å². The molecule has 0 atom stereocenters. The van der Waals surface area contributed by atoms with Crippen molar-refractivity contribution in [3.8, 4) is 0 Å². The number of hydrogen-bond acceptors (Lipinski definition) is 0. The third-order valence-electron chi connectivity index (χ3n) is 3.66. The average Bonchev–Trinajstić information content (AvgIpc) is 2.45. The molecule has 1 heteroatoms. The second kappa shape index (κ2) is 4.82. The van der Waals surface area contributed by atoms with Crippen LogP contribution in [0.25, 0.3) is 33.7 Å². The van der Waals surface area contributed by atoms with E-state index in [1.54, 1.807) is 0 Å². The van der Waals surface area contributed by atoms with E-state index in [9.17, 15) is 0 Å². The molecule has 19 heavy (non-hydrogen) atoms. The Kier molecular flexibility index (Phi) is 3.16. The highest BCUT2D eigenvalue weighted by Gasteiger charge is 2.04. The molecule has 0 N–H and O–H groups in total. The van der Waals surface area contributed by atoms with Crippen molar-refractivity contribution >= 4 is 49.6 Å². The van der Waals surface area contributed by atoms with Crippen LogP contribution in [0, 0.1) is 0 Å². The summed E-state index contributed by atoms with van der Waals surface area (Å²) in [4.78, 5) is 0. The Morgan fingerprint density at radius 2 is 1.53 bits per heavy atom. The van der Waals surface area contributed by atoms with E-state index in [1.165, 1.54) is 32.0 Å². The molecular formula is C18H15Br. The van der Waals surface area contributed by atoms with E-state index in [1.807, 2.05) is 0 Å². The Bertz CT molecular complexity index is 889. The van der Waals surface area contributed by atoms with E-state index < -0.39 is 0 Å². The van der Waals surface area contributed by atoms with Crippen LogP contribution in [0.1, 0.15) is 13.8 Å². The van der Waals surface area contributed by atoms with Crippen molar-refractivity contribution in [2.24, 2.45) is 0 Å². The van der Waals surface area contributed by atoms with Gasteiger partial charge in [0, 0.05) is 4.47 Å². The van der Waals surface area contributed by atoms with Gasteiger partial charge in [-0.1, -0.05) is 64.5 Å². The zero-order valence-electron chi connectivity index (χ0n) is 11.1. The summed E-state index contributed by atoms with van der Waals surface area (Å²) in [6.07, 6.45) is 4.35. The fraction of sp³-hybridized carbons (Fsp3) is 0.111. The van der Waals surface area contributed by atoms with Crippen molar-refractivity contribution in [3.05, 3.63) is 57.4 Å². The van der Waals surface area contributed by atoms with Gasteiger partial charge < -0.3 is 0 Å². The molecule has 94 valence electrons. The first-order chi connectivity index (χ1) is 9.26. The third-order valence-corrected chi connectivity index (χ3v) is 4.31. The highest BCUT2D eigenvalue weighted by atomic mass is 79.9. The first-order valence-corrected chi connectivity index (χ1v) is 7.28. The minimum absolute atomic E-state index is 1.16. The Morgan fingerprint density at radius 1 is 0.789 bits per heavy atom. The maximum atomic E-state index is 3.70. The maximum absolute atomic E-state index is 3.70. The summed E-state index contributed by atoms with van der Waals surface area (Å²) in [6, 6.07) is 15.2. The van der Waals surface area contributed by atoms with Gasteiger partial charge in [0.15, 0.2) is 0 Å². The Labute approximate surface area is 121 Å². The second-order valence-electron chi connectivity index (χ2n) is 4.64. The molecular weight excluding hydrogens is 296 g/mol. The quantitative estimate of drug-likeness (QED) is 0.541. The lowest BCUT2D eigenvalue weighted by molar-refractivity contribution is 1.51. The third kappa shape index (κ3) is 1.89. The molecule has 3 rings (SSSR count). The van der Waals surface area contributed by atoms with Gasteiger partial charge in [0.1, 0.15) is 0 Å². The average molecular weight is 311 g/mol. The van der Waals surface area contributed by atoms with E-state index >= 15 is 0 Å². The van der Waals surface area contributed by atoms with Gasteiger partial charge in [-0.15, -0.1) is 0 Å². The monoisotopic (exact) mass is 310 g/mol. The molecule has 0 aromatic heterocycles. The van der Waals surface area contributed by atoms with E-state index in [4.69, 9.17) is 0 Å². The van der Waals surface area contributed by atoms with Crippen molar-refractivity contribution in [1.82, 2.24) is 0 Å². The molecule has 0 amide bonds. The van der Waals surface area contributed by atoms with Crippen LogP contribution in [0.3, 0.4) is 0 Å². The summed E-state index contributed by atoms with van der Waals surface area (Å²) in [5, 5.41) is 7.80. The van der Waals surface area contributed by atoms with Crippen molar-refractivity contribution < 1.29 is 0 Å². The first-order valence-electron chi connectivity index (χ1n) is 6.49. The Hall–Kier alpha value is -1.60. The Balaban J connectivity index is 2.69. The van der Waals surface area contributed by atoms with Crippen molar-refractivity contribution in [1.29, 1.82) is 0 Å². The number of rotatable bonds is 0. The fourth-order valence-electron chi connectivity index (χ4n) is 2.77. The van der Waals surface area contributed by atoms with Crippen molar-refractivity contribution in [2.75, 3.05) is 0 Å². The zero-order chi connectivity index (χ0) is 13.4. The largest absolute Gasteiger partial charge is 0.0791 e. The lowest BCUT2D eigenvalue weighted by Gasteiger charge is -2.07. The maximum Gasteiger partial charge on any atom is 0.0256 e. The molecule has 0 aliphatic carbocycles. The summed E-state index contributed by atoms with van der Waals surface area (Å²) in [5.41, 5.74) is 0. The number of hydrogen-bond donors (Lipinski definition) is 0.